The van der Waals surface area contributed by atoms with Crippen LogP contribution in [-0.2, 0) is 18.9 Å². The lowest BCUT2D eigenvalue weighted by atomic mass is 10.2. The molecule has 0 amide bonds. The Morgan fingerprint density at radius 3 is 2.36 bits per heavy atom. The normalized spacial score (nSPS) is 11.1. The van der Waals surface area contributed by atoms with Crippen molar-refractivity contribution >= 4 is 15.9 Å². The summed E-state index contributed by atoms with van der Waals surface area (Å²) in [6.45, 7) is 0. The van der Waals surface area contributed by atoms with E-state index in [1.807, 2.05) is 0 Å². The van der Waals surface area contributed by atoms with Crippen LogP contribution in [0.25, 0.3) is 0 Å². The number of rotatable bonds is 2. The second-order valence-corrected chi connectivity index (χ2v) is 6.13. The molecular formula is C10H13O3S+. The molecule has 0 aliphatic rings. The first kappa shape index (κ1) is 10.9. The smallest absolute Gasteiger partial charge is 0.342 e. The van der Waals surface area contributed by atoms with Crippen LogP contribution in [0.1, 0.15) is 10.4 Å². The Labute approximate surface area is 84.5 Å². The lowest BCUT2D eigenvalue weighted by Crippen LogP contribution is -2.13. The molecule has 0 N–H and O–H groups in total. The van der Waals surface area contributed by atoms with Crippen molar-refractivity contribution in [3.8, 4) is 0 Å². The summed E-state index contributed by atoms with van der Waals surface area (Å²) in [5.41, 5.74) is 0.380. The highest BCUT2D eigenvalue weighted by Gasteiger charge is 2.25. The monoisotopic (exact) mass is 213 g/mol. The summed E-state index contributed by atoms with van der Waals surface area (Å²) in [6, 6.07) is 6.79. The molecule has 4 heteroatoms. The second kappa shape index (κ2) is 3.92. The molecule has 14 heavy (non-hydrogen) atoms. The lowest BCUT2D eigenvalue weighted by Gasteiger charge is -2.05. The molecule has 0 aromatic heterocycles. The minimum Gasteiger partial charge on any atom is -0.465 e. The van der Waals surface area contributed by atoms with E-state index in [1.54, 1.807) is 36.8 Å². The van der Waals surface area contributed by atoms with E-state index in [0.29, 0.717) is 10.5 Å². The largest absolute Gasteiger partial charge is 0.465 e. The molecule has 0 saturated carbocycles. The third-order valence-electron chi connectivity index (χ3n) is 1.82. The molecule has 3 nitrogen and oxygen atoms in total. The fraction of sp³-hybridized carbons (Fsp3) is 0.300. The van der Waals surface area contributed by atoms with Crippen molar-refractivity contribution < 1.29 is 13.7 Å². The van der Waals surface area contributed by atoms with Gasteiger partial charge in [-0.1, -0.05) is 12.1 Å². The van der Waals surface area contributed by atoms with Crippen molar-refractivity contribution in [1.29, 1.82) is 0 Å². The standard InChI is InChI=1S/C10H13O3S/c1-13-10(11)8-6-4-5-7-9(8)14(2,3)12/h4-7H,1-3H3/q+1. The SMILES string of the molecule is COC(=O)c1ccccc1[S+](C)(C)=O. The Morgan fingerprint density at radius 1 is 1.29 bits per heavy atom. The highest BCUT2D eigenvalue weighted by atomic mass is 32.2. The van der Waals surface area contributed by atoms with Crippen molar-refractivity contribution in [3.05, 3.63) is 29.8 Å². The van der Waals surface area contributed by atoms with Crippen LogP contribution in [0, 0.1) is 0 Å². The van der Waals surface area contributed by atoms with E-state index in [0.717, 1.165) is 0 Å². The summed E-state index contributed by atoms with van der Waals surface area (Å²) in [4.78, 5) is 11.9. The first-order valence-corrected chi connectivity index (χ1v) is 6.46. The number of ether oxygens (including phenoxy) is 1. The van der Waals surface area contributed by atoms with Crippen LogP contribution in [-0.4, -0.2) is 25.6 Å². The number of carbonyl (C=O) groups is 1. The molecule has 0 bridgehead atoms. The molecule has 76 valence electrons. The van der Waals surface area contributed by atoms with Gasteiger partial charge in [0, 0.05) is 0 Å². The van der Waals surface area contributed by atoms with E-state index >= 15 is 0 Å². The number of benzene rings is 1. The molecule has 0 heterocycles. The van der Waals surface area contributed by atoms with Gasteiger partial charge in [0.2, 0.25) is 0 Å². The first-order valence-electron chi connectivity index (χ1n) is 4.08. The van der Waals surface area contributed by atoms with Crippen molar-refractivity contribution in [2.24, 2.45) is 0 Å². The summed E-state index contributed by atoms with van der Waals surface area (Å²) in [5, 5.41) is 0. The molecule has 0 fully saturated rings. The van der Waals surface area contributed by atoms with E-state index in [4.69, 9.17) is 0 Å². The zero-order chi connectivity index (χ0) is 10.8. The van der Waals surface area contributed by atoms with E-state index < -0.39 is 15.9 Å². The zero-order valence-corrected chi connectivity index (χ0v) is 9.26. The predicted octanol–water partition coefficient (Wildman–Crippen LogP) is 1.59. The topological polar surface area (TPSA) is 43.4 Å². The van der Waals surface area contributed by atoms with Crippen LogP contribution < -0.4 is 0 Å². The summed E-state index contributed by atoms with van der Waals surface area (Å²) >= 11 is 0. The maximum atomic E-state index is 11.8. The van der Waals surface area contributed by atoms with Gasteiger partial charge in [-0.15, -0.1) is 4.21 Å². The van der Waals surface area contributed by atoms with Crippen LogP contribution in [0.15, 0.2) is 29.2 Å². The van der Waals surface area contributed by atoms with Crippen molar-refractivity contribution in [1.82, 2.24) is 0 Å². The average molecular weight is 213 g/mol. The number of hydrogen-bond acceptors (Lipinski definition) is 3. The minimum atomic E-state index is -2.14. The second-order valence-electron chi connectivity index (χ2n) is 3.22. The van der Waals surface area contributed by atoms with Crippen LogP contribution in [0.5, 0.6) is 0 Å². The van der Waals surface area contributed by atoms with Gasteiger partial charge in [-0.3, -0.25) is 0 Å². The van der Waals surface area contributed by atoms with Gasteiger partial charge in [0.05, 0.1) is 7.11 Å². The van der Waals surface area contributed by atoms with Gasteiger partial charge in [-0.05, 0) is 12.1 Å². The van der Waals surface area contributed by atoms with E-state index in [2.05, 4.69) is 4.74 Å². The summed E-state index contributed by atoms with van der Waals surface area (Å²) in [7, 11) is -0.828. The molecule has 1 rings (SSSR count). The fourth-order valence-electron chi connectivity index (χ4n) is 1.17. The van der Waals surface area contributed by atoms with E-state index in [9.17, 15) is 9.00 Å². The first-order chi connectivity index (χ1) is 6.46. The van der Waals surface area contributed by atoms with Crippen molar-refractivity contribution in [3.63, 3.8) is 0 Å². The molecule has 0 saturated heterocycles. The quantitative estimate of drug-likeness (QED) is 0.553. The van der Waals surface area contributed by atoms with E-state index in [-0.39, 0.29) is 0 Å². The molecule has 1 aromatic rings. The predicted molar refractivity (Wildman–Crippen MR) is 55.9 cm³/mol. The number of hydrogen-bond donors (Lipinski definition) is 0. The summed E-state index contributed by atoms with van der Waals surface area (Å²) in [5.74, 6) is -0.447. The fourth-order valence-corrected chi connectivity index (χ4v) is 2.26. The average Bonchev–Trinajstić information content (AvgIpc) is 2.15. The van der Waals surface area contributed by atoms with Gasteiger partial charge in [0.25, 0.3) is 0 Å². The molecule has 0 aliphatic heterocycles. The Bertz CT molecular complexity index is 392. The van der Waals surface area contributed by atoms with Gasteiger partial charge < -0.3 is 4.74 Å². The Hall–Kier alpha value is -1.16. The van der Waals surface area contributed by atoms with Gasteiger partial charge in [-0.25, -0.2) is 4.79 Å². The van der Waals surface area contributed by atoms with Gasteiger partial charge in [0.1, 0.15) is 28.0 Å². The highest BCUT2D eigenvalue weighted by Crippen LogP contribution is 2.19. The zero-order valence-electron chi connectivity index (χ0n) is 8.44. The van der Waals surface area contributed by atoms with Gasteiger partial charge in [-0.2, -0.15) is 0 Å². The van der Waals surface area contributed by atoms with Crippen LogP contribution in [0.2, 0.25) is 0 Å². The van der Waals surface area contributed by atoms with Crippen molar-refractivity contribution in [2.45, 2.75) is 4.90 Å². The maximum Gasteiger partial charge on any atom is 0.342 e. The maximum absolute atomic E-state index is 11.8. The number of methoxy groups -OCH3 is 1. The highest BCUT2D eigenvalue weighted by molar-refractivity contribution is 8.01. The molecule has 0 radical (unpaired) electrons. The third kappa shape index (κ3) is 2.20. The van der Waals surface area contributed by atoms with Crippen LogP contribution >= 0.6 is 0 Å². The lowest BCUT2D eigenvalue weighted by molar-refractivity contribution is 0.0596. The minimum absolute atomic E-state index is 0.380. The number of esters is 1. The van der Waals surface area contributed by atoms with Gasteiger partial charge in [0.15, 0.2) is 4.90 Å². The molecular weight excluding hydrogens is 200 g/mol. The van der Waals surface area contributed by atoms with Crippen molar-refractivity contribution in [2.75, 3.05) is 19.6 Å². The molecule has 0 unspecified atom stereocenters. The van der Waals surface area contributed by atoms with Gasteiger partial charge >= 0.3 is 5.97 Å². The number of carbonyl (C=O) groups excluding carboxylic acids is 1. The molecule has 1 aromatic carbocycles. The van der Waals surface area contributed by atoms with Crippen LogP contribution in [0.4, 0.5) is 0 Å². The Balaban J connectivity index is 3.30. The molecule has 0 atom stereocenters. The summed E-state index contributed by atoms with van der Waals surface area (Å²) in [6.07, 6.45) is 3.21. The van der Waals surface area contributed by atoms with E-state index in [1.165, 1.54) is 7.11 Å². The molecule has 0 spiro atoms. The third-order valence-corrected chi connectivity index (χ3v) is 3.24. The molecule has 0 aliphatic carbocycles. The summed E-state index contributed by atoms with van der Waals surface area (Å²) < 4.78 is 16.4. The Kier molecular flexibility index (Phi) is 3.06. The Morgan fingerprint density at radius 2 is 1.86 bits per heavy atom. The van der Waals surface area contributed by atoms with Crippen LogP contribution in [0.3, 0.4) is 0 Å².